The van der Waals surface area contributed by atoms with Crippen LogP contribution >= 0.6 is 11.3 Å². The number of pyridine rings is 1. The van der Waals surface area contributed by atoms with Gasteiger partial charge in [0.25, 0.3) is 11.2 Å². The van der Waals surface area contributed by atoms with Crippen LogP contribution in [0.5, 0.6) is 5.75 Å². The number of para-hydroxylation sites is 2. The van der Waals surface area contributed by atoms with Crippen molar-refractivity contribution >= 4 is 38.1 Å². The summed E-state index contributed by atoms with van der Waals surface area (Å²) in [6.07, 6.45) is 0. The van der Waals surface area contributed by atoms with Gasteiger partial charge in [0, 0.05) is 23.1 Å². The third-order valence-electron chi connectivity index (χ3n) is 5.81. The molecule has 0 aliphatic carbocycles. The fourth-order valence-electron chi connectivity index (χ4n) is 4.31. The molecular weight excluding hydrogens is 456 g/mol. The van der Waals surface area contributed by atoms with Crippen LogP contribution in [0.1, 0.15) is 17.2 Å². The van der Waals surface area contributed by atoms with Gasteiger partial charge in [0.2, 0.25) is 6.04 Å². The normalized spacial score (nSPS) is 14.6. The molecule has 0 saturated heterocycles. The Bertz CT molecular complexity index is 1790. The SMILES string of the molecule is O=c1[nH]c2ccccc2c(O)c1C1=[n+]2c(sc3ccccc32)=NC1c1ccc([N+](=O)[O-])cc1.[OH-]. The maximum Gasteiger partial charge on any atom is 0.384 e. The third-order valence-corrected chi connectivity index (χ3v) is 6.84. The van der Waals surface area contributed by atoms with Gasteiger partial charge in [-0.2, -0.15) is 4.24 Å². The van der Waals surface area contributed by atoms with Gasteiger partial charge in [-0.3, -0.25) is 14.9 Å². The molecule has 1 unspecified atom stereocenters. The highest BCUT2D eigenvalue weighted by atomic mass is 32.1. The smallest absolute Gasteiger partial charge is 0.384 e. The zero-order valence-corrected chi connectivity index (χ0v) is 18.2. The van der Waals surface area contributed by atoms with Gasteiger partial charge in [-0.25, -0.2) is 0 Å². The summed E-state index contributed by atoms with van der Waals surface area (Å²) in [5.74, 6) is -0.123. The Morgan fingerprint density at radius 2 is 1.74 bits per heavy atom. The van der Waals surface area contributed by atoms with E-state index in [0.29, 0.717) is 27.0 Å². The van der Waals surface area contributed by atoms with Crippen LogP contribution in [0.15, 0.2) is 82.6 Å². The van der Waals surface area contributed by atoms with Crippen LogP contribution in [0.3, 0.4) is 0 Å². The second kappa shape index (κ2) is 7.87. The predicted octanol–water partition coefficient (Wildman–Crippen LogP) is 3.27. The lowest BCUT2D eigenvalue weighted by Gasteiger charge is -2.10. The molecule has 0 radical (unpaired) electrons. The first-order valence-corrected chi connectivity index (χ1v) is 10.9. The summed E-state index contributed by atoms with van der Waals surface area (Å²) in [5, 5.41) is 22.9. The zero-order valence-electron chi connectivity index (χ0n) is 17.4. The lowest BCUT2D eigenvalue weighted by Crippen LogP contribution is -2.35. The number of nitro benzene ring substituents is 1. The molecule has 0 saturated carbocycles. The molecule has 0 spiro atoms. The minimum absolute atomic E-state index is 0. The van der Waals surface area contributed by atoms with E-state index in [9.17, 15) is 20.0 Å². The predicted molar refractivity (Wildman–Crippen MR) is 125 cm³/mol. The molecule has 0 amide bonds. The molecule has 9 nitrogen and oxygen atoms in total. The molecule has 3 heterocycles. The van der Waals surface area contributed by atoms with Gasteiger partial charge < -0.3 is 15.6 Å². The Hall–Kier alpha value is -4.41. The number of nitrogens with zero attached hydrogens (tertiary/aromatic N) is 3. The number of fused-ring (bicyclic) bond motifs is 4. The minimum atomic E-state index is -0.616. The Labute approximate surface area is 194 Å². The highest BCUT2D eigenvalue weighted by Gasteiger charge is 2.38. The van der Waals surface area contributed by atoms with Gasteiger partial charge in [0.15, 0.2) is 11.2 Å². The maximum absolute atomic E-state index is 13.3. The van der Waals surface area contributed by atoms with Crippen molar-refractivity contribution in [3.8, 4) is 5.75 Å². The summed E-state index contributed by atoms with van der Waals surface area (Å²) in [4.78, 5) is 32.3. The summed E-state index contributed by atoms with van der Waals surface area (Å²) in [7, 11) is 0. The second-order valence-electron chi connectivity index (χ2n) is 7.68. The molecule has 0 bridgehead atoms. The van der Waals surface area contributed by atoms with Crippen LogP contribution < -0.4 is 14.6 Å². The molecular formula is C24H16N4O5S. The van der Waals surface area contributed by atoms with E-state index in [2.05, 4.69) is 4.98 Å². The Kier molecular flexibility index (Phi) is 4.96. The van der Waals surface area contributed by atoms with Crippen LogP contribution in [-0.4, -0.2) is 20.5 Å². The highest BCUT2D eigenvalue weighted by Crippen LogP contribution is 2.35. The van der Waals surface area contributed by atoms with E-state index in [0.717, 1.165) is 10.2 Å². The van der Waals surface area contributed by atoms with Gasteiger partial charge in [0.05, 0.1) is 15.1 Å². The number of nitro groups is 1. The van der Waals surface area contributed by atoms with E-state index < -0.39 is 16.5 Å². The summed E-state index contributed by atoms with van der Waals surface area (Å²) in [6.45, 7) is 0. The first-order chi connectivity index (χ1) is 16.0. The largest absolute Gasteiger partial charge is 0.870 e. The minimum Gasteiger partial charge on any atom is -0.870 e. The number of thiazole rings is 1. The van der Waals surface area contributed by atoms with Crippen LogP contribution in [0.4, 0.5) is 5.69 Å². The molecule has 1 aliphatic rings. The monoisotopic (exact) mass is 472 g/mol. The summed E-state index contributed by atoms with van der Waals surface area (Å²) >= 11 is 1.48. The van der Waals surface area contributed by atoms with Crippen LogP contribution in [0, 0.1) is 15.8 Å². The Balaban J connectivity index is 0.00000241. The van der Waals surface area contributed by atoms with Crippen LogP contribution in [0.2, 0.25) is 0 Å². The van der Waals surface area contributed by atoms with Crippen molar-refractivity contribution in [3.05, 3.63) is 115 Å². The van der Waals surface area contributed by atoms with E-state index in [1.807, 2.05) is 28.5 Å². The van der Waals surface area contributed by atoms with Crippen molar-refractivity contribution < 1.29 is 19.7 Å². The average Bonchev–Trinajstić information content (AvgIpc) is 3.36. The van der Waals surface area contributed by atoms with Gasteiger partial charge in [0.1, 0.15) is 11.3 Å². The van der Waals surface area contributed by atoms with Crippen molar-refractivity contribution in [3.63, 3.8) is 0 Å². The maximum atomic E-state index is 13.3. The van der Waals surface area contributed by atoms with E-state index in [1.165, 1.54) is 23.5 Å². The fourth-order valence-corrected chi connectivity index (χ4v) is 5.36. The topological polar surface area (TPSA) is 144 Å². The number of aromatic hydroxyl groups is 1. The molecule has 0 fully saturated rings. The third kappa shape index (κ3) is 3.08. The van der Waals surface area contributed by atoms with Crippen molar-refractivity contribution in [1.82, 2.24) is 4.98 Å². The lowest BCUT2D eigenvalue weighted by molar-refractivity contribution is -0.498. The number of hydrogen-bond donors (Lipinski definition) is 2. The van der Waals surface area contributed by atoms with Crippen molar-refractivity contribution in [2.45, 2.75) is 6.04 Å². The highest BCUT2D eigenvalue weighted by molar-refractivity contribution is 7.15. The molecule has 5 aromatic rings. The number of nitrogens with one attached hydrogen (secondary N) is 1. The van der Waals surface area contributed by atoms with Crippen molar-refractivity contribution in [1.29, 1.82) is 0 Å². The zero-order chi connectivity index (χ0) is 22.7. The van der Waals surface area contributed by atoms with Crippen LogP contribution in [0.25, 0.3) is 21.1 Å². The number of benzene rings is 3. The van der Waals surface area contributed by atoms with Crippen LogP contribution in [-0.2, 0) is 0 Å². The quantitative estimate of drug-likeness (QED) is 0.235. The van der Waals surface area contributed by atoms with Crippen molar-refractivity contribution in [2.75, 3.05) is 0 Å². The van der Waals surface area contributed by atoms with Gasteiger partial charge >= 0.3 is 4.80 Å². The first-order valence-electron chi connectivity index (χ1n) is 10.1. The summed E-state index contributed by atoms with van der Waals surface area (Å²) in [6, 6.07) is 20.3. The Morgan fingerprint density at radius 3 is 2.50 bits per heavy atom. The van der Waals surface area contributed by atoms with E-state index in [4.69, 9.17) is 4.99 Å². The second-order valence-corrected chi connectivity index (χ2v) is 8.69. The fraction of sp³-hybridized carbons (Fsp3) is 0.0417. The standard InChI is InChI=1S/C24H14N4O4S.H2O/c29-22-15-5-1-2-6-16(15)25-23(30)19(22)21-20(13-9-11-14(12-10-13)28(31)32)26-24-27(21)17-7-3-4-8-18(17)33-24;/h1-12,20H,(H,25,29,30);1H2. The summed E-state index contributed by atoms with van der Waals surface area (Å²) < 4.78 is 2.89. The molecule has 1 atom stereocenters. The molecule has 3 N–H and O–H groups in total. The molecule has 1 aliphatic heterocycles. The number of rotatable bonds is 3. The first kappa shape index (κ1) is 21.4. The van der Waals surface area contributed by atoms with E-state index in [-0.39, 0.29) is 22.5 Å². The number of aromatic nitrogens is 2. The molecule has 3 aromatic carbocycles. The molecule has 168 valence electrons. The molecule has 2 aromatic heterocycles. The lowest BCUT2D eigenvalue weighted by atomic mass is 9.96. The molecule has 6 rings (SSSR count). The Morgan fingerprint density at radius 1 is 1.03 bits per heavy atom. The number of H-pyrrole nitrogens is 1. The van der Waals surface area contributed by atoms with Gasteiger partial charge in [-0.15, -0.1) is 0 Å². The molecule has 10 heteroatoms. The number of non-ortho nitro benzene ring substituents is 1. The molecule has 34 heavy (non-hydrogen) atoms. The van der Waals surface area contributed by atoms with Crippen molar-refractivity contribution in [2.24, 2.45) is 4.99 Å². The van der Waals surface area contributed by atoms with E-state index >= 15 is 0 Å². The number of hydrogen-bond acceptors (Lipinski definition) is 7. The number of aromatic amines is 1. The average molecular weight is 472 g/mol. The van der Waals surface area contributed by atoms with Gasteiger partial charge in [-0.1, -0.05) is 29.3 Å². The van der Waals surface area contributed by atoms with E-state index in [1.54, 1.807) is 36.4 Å². The summed E-state index contributed by atoms with van der Waals surface area (Å²) in [5.41, 5.74) is 2.27. The van der Waals surface area contributed by atoms with Gasteiger partial charge in [-0.05, 0) is 47.7 Å².